The smallest absolute Gasteiger partial charge is 0.173 e. The van der Waals surface area contributed by atoms with Crippen LogP contribution in [-0.4, -0.2) is 24.3 Å². The maximum Gasteiger partial charge on any atom is 0.173 e. The molecule has 2 fully saturated rings. The number of ether oxygens (including phenoxy) is 2. The minimum absolute atomic E-state index is 0.0746. The highest BCUT2D eigenvalue weighted by molar-refractivity contribution is 9.09. The second-order valence-corrected chi connectivity index (χ2v) is 8.73. The lowest BCUT2D eigenvalue weighted by Gasteiger charge is -2.26. The Morgan fingerprint density at radius 2 is 1.67 bits per heavy atom. The van der Waals surface area contributed by atoms with E-state index in [0.29, 0.717) is 22.7 Å². The standard InChI is InChI=1S/C20H27BrO3/c1-20(2,3)16-8-15(17(22)10-21)9-18(23-11-13-4-5-13)19(16)24-12-14-6-7-14/h8-9,13-14H,4-7,10-12H2,1-3H3. The van der Waals surface area contributed by atoms with Crippen LogP contribution in [0.15, 0.2) is 12.1 Å². The number of hydrogen-bond donors (Lipinski definition) is 0. The van der Waals surface area contributed by atoms with Crippen molar-refractivity contribution in [2.24, 2.45) is 11.8 Å². The van der Waals surface area contributed by atoms with Crippen LogP contribution in [0.3, 0.4) is 0 Å². The van der Waals surface area contributed by atoms with Gasteiger partial charge in [0.2, 0.25) is 0 Å². The Balaban J connectivity index is 1.96. The van der Waals surface area contributed by atoms with Crippen molar-refractivity contribution in [2.75, 3.05) is 18.5 Å². The molecular formula is C20H27BrO3. The monoisotopic (exact) mass is 394 g/mol. The predicted octanol–water partition coefficient (Wildman–Crippen LogP) is 5.14. The molecule has 4 heteroatoms. The zero-order valence-electron chi connectivity index (χ0n) is 14.9. The van der Waals surface area contributed by atoms with Crippen LogP contribution in [0.25, 0.3) is 0 Å². The summed E-state index contributed by atoms with van der Waals surface area (Å²) in [6.45, 7) is 7.92. The van der Waals surface area contributed by atoms with Crippen molar-refractivity contribution < 1.29 is 14.3 Å². The molecule has 2 aliphatic carbocycles. The lowest BCUT2D eigenvalue weighted by atomic mass is 9.84. The Kier molecular flexibility index (Phi) is 5.24. The van der Waals surface area contributed by atoms with Crippen LogP contribution in [0.1, 0.15) is 62.4 Å². The van der Waals surface area contributed by atoms with Crippen LogP contribution in [0.2, 0.25) is 0 Å². The number of alkyl halides is 1. The largest absolute Gasteiger partial charge is 0.489 e. The summed E-state index contributed by atoms with van der Waals surface area (Å²) in [5.41, 5.74) is 1.64. The molecule has 0 amide bonds. The first-order valence-corrected chi connectivity index (χ1v) is 10.0. The summed E-state index contributed by atoms with van der Waals surface area (Å²) in [5, 5.41) is 0.320. The molecule has 0 radical (unpaired) electrons. The van der Waals surface area contributed by atoms with Gasteiger partial charge < -0.3 is 9.47 Å². The van der Waals surface area contributed by atoms with Crippen molar-refractivity contribution >= 4 is 21.7 Å². The predicted molar refractivity (Wildman–Crippen MR) is 99.7 cm³/mol. The number of Topliss-reactive ketones (excluding diaryl/α,β-unsaturated/α-hetero) is 1. The van der Waals surface area contributed by atoms with Crippen LogP contribution in [0.5, 0.6) is 11.5 Å². The molecule has 0 heterocycles. The van der Waals surface area contributed by atoms with Gasteiger partial charge in [-0.25, -0.2) is 0 Å². The van der Waals surface area contributed by atoms with Gasteiger partial charge in [-0.2, -0.15) is 0 Å². The molecule has 24 heavy (non-hydrogen) atoms. The molecule has 0 unspecified atom stereocenters. The van der Waals surface area contributed by atoms with Gasteiger partial charge in [-0.3, -0.25) is 4.79 Å². The van der Waals surface area contributed by atoms with Crippen molar-refractivity contribution in [1.82, 2.24) is 0 Å². The summed E-state index contributed by atoms with van der Waals surface area (Å²) in [4.78, 5) is 12.2. The summed E-state index contributed by atoms with van der Waals surface area (Å²) in [5.74, 6) is 2.99. The Morgan fingerprint density at radius 3 is 2.17 bits per heavy atom. The molecule has 1 aromatic carbocycles. The highest BCUT2D eigenvalue weighted by atomic mass is 79.9. The molecule has 2 aliphatic rings. The molecule has 0 bridgehead atoms. The average Bonchev–Trinajstić information content (AvgIpc) is 3.43. The summed E-state index contributed by atoms with van der Waals surface area (Å²) in [6.07, 6.45) is 4.99. The van der Waals surface area contributed by atoms with Crippen molar-refractivity contribution in [3.63, 3.8) is 0 Å². The Labute approximate surface area is 153 Å². The molecule has 0 aliphatic heterocycles. The SMILES string of the molecule is CC(C)(C)c1cc(C(=O)CBr)cc(OCC2CC2)c1OCC1CC1. The Bertz CT molecular complexity index is 610. The fourth-order valence-corrected chi connectivity index (χ4v) is 2.96. The van der Waals surface area contributed by atoms with Crippen LogP contribution in [0.4, 0.5) is 0 Å². The van der Waals surface area contributed by atoms with Crippen LogP contribution in [0, 0.1) is 11.8 Å². The Hall–Kier alpha value is -1.03. The average molecular weight is 395 g/mol. The van der Waals surface area contributed by atoms with Gasteiger partial charge in [0.1, 0.15) is 0 Å². The van der Waals surface area contributed by atoms with Crippen molar-refractivity contribution in [3.05, 3.63) is 23.3 Å². The van der Waals surface area contributed by atoms with Gasteiger partial charge in [0, 0.05) is 11.1 Å². The summed E-state index contributed by atoms with van der Waals surface area (Å²) >= 11 is 3.28. The fourth-order valence-electron chi connectivity index (χ4n) is 2.63. The number of halogens is 1. The zero-order valence-corrected chi connectivity index (χ0v) is 16.4. The molecule has 0 spiro atoms. The molecule has 1 aromatic rings. The van der Waals surface area contributed by atoms with Crippen LogP contribution in [-0.2, 0) is 5.41 Å². The van der Waals surface area contributed by atoms with E-state index in [9.17, 15) is 4.79 Å². The number of rotatable bonds is 8. The van der Waals surface area contributed by atoms with Crippen molar-refractivity contribution in [3.8, 4) is 11.5 Å². The first-order valence-electron chi connectivity index (χ1n) is 8.91. The third-order valence-electron chi connectivity index (χ3n) is 4.64. The van der Waals surface area contributed by atoms with E-state index in [-0.39, 0.29) is 11.2 Å². The zero-order chi connectivity index (χ0) is 17.3. The summed E-state index contributed by atoms with van der Waals surface area (Å²) in [6, 6.07) is 3.85. The minimum atomic E-state index is -0.112. The molecule has 132 valence electrons. The number of hydrogen-bond acceptors (Lipinski definition) is 3. The van der Waals surface area contributed by atoms with E-state index in [4.69, 9.17) is 9.47 Å². The highest BCUT2D eigenvalue weighted by Crippen LogP contribution is 2.42. The normalized spacial score (nSPS) is 17.7. The van der Waals surface area contributed by atoms with E-state index in [1.54, 1.807) is 0 Å². The van der Waals surface area contributed by atoms with Crippen molar-refractivity contribution in [1.29, 1.82) is 0 Å². The number of ketones is 1. The third-order valence-corrected chi connectivity index (χ3v) is 5.15. The highest BCUT2D eigenvalue weighted by Gasteiger charge is 2.29. The molecule has 0 atom stereocenters. The first-order chi connectivity index (χ1) is 11.4. The van der Waals surface area contributed by atoms with E-state index >= 15 is 0 Å². The van der Waals surface area contributed by atoms with Gasteiger partial charge in [-0.15, -0.1) is 0 Å². The van der Waals surface area contributed by atoms with E-state index < -0.39 is 0 Å². The van der Waals surface area contributed by atoms with Gasteiger partial charge in [0.15, 0.2) is 17.3 Å². The van der Waals surface area contributed by atoms with Gasteiger partial charge in [0.05, 0.1) is 18.5 Å². The van der Waals surface area contributed by atoms with E-state index in [0.717, 1.165) is 30.3 Å². The van der Waals surface area contributed by atoms with Gasteiger partial charge >= 0.3 is 0 Å². The number of benzene rings is 1. The van der Waals surface area contributed by atoms with E-state index in [2.05, 4.69) is 36.7 Å². The van der Waals surface area contributed by atoms with Gasteiger partial charge in [-0.05, 0) is 55.1 Å². The van der Waals surface area contributed by atoms with Gasteiger partial charge in [0.25, 0.3) is 0 Å². The number of carbonyl (C=O) groups excluding carboxylic acids is 1. The number of carbonyl (C=O) groups is 1. The molecule has 3 rings (SSSR count). The first kappa shape index (κ1) is 17.8. The lowest BCUT2D eigenvalue weighted by Crippen LogP contribution is -2.17. The van der Waals surface area contributed by atoms with E-state index in [1.165, 1.54) is 25.7 Å². The van der Waals surface area contributed by atoms with Crippen LogP contribution < -0.4 is 9.47 Å². The van der Waals surface area contributed by atoms with Gasteiger partial charge in [-0.1, -0.05) is 36.7 Å². The summed E-state index contributed by atoms with van der Waals surface area (Å²) in [7, 11) is 0. The topological polar surface area (TPSA) is 35.5 Å². The summed E-state index contributed by atoms with van der Waals surface area (Å²) < 4.78 is 12.3. The lowest BCUT2D eigenvalue weighted by molar-refractivity contribution is 0.102. The molecule has 2 saturated carbocycles. The minimum Gasteiger partial charge on any atom is -0.489 e. The quantitative estimate of drug-likeness (QED) is 0.452. The molecule has 0 saturated heterocycles. The maximum atomic E-state index is 12.2. The molecular weight excluding hydrogens is 368 g/mol. The van der Waals surface area contributed by atoms with Crippen molar-refractivity contribution in [2.45, 2.75) is 51.9 Å². The fraction of sp³-hybridized carbons (Fsp3) is 0.650. The maximum absolute atomic E-state index is 12.2. The third kappa shape index (κ3) is 4.53. The second kappa shape index (κ2) is 7.07. The second-order valence-electron chi connectivity index (χ2n) is 8.17. The van der Waals surface area contributed by atoms with Crippen LogP contribution >= 0.6 is 15.9 Å². The molecule has 0 aromatic heterocycles. The molecule has 0 N–H and O–H groups in total. The van der Waals surface area contributed by atoms with E-state index in [1.807, 2.05) is 12.1 Å². The molecule has 3 nitrogen and oxygen atoms in total. The Morgan fingerprint density at radius 1 is 1.08 bits per heavy atom.